The van der Waals surface area contributed by atoms with Gasteiger partial charge in [-0.15, -0.1) is 0 Å². The van der Waals surface area contributed by atoms with Crippen LogP contribution in [0.5, 0.6) is 11.5 Å². The summed E-state index contributed by atoms with van der Waals surface area (Å²) in [7, 11) is 0. The van der Waals surface area contributed by atoms with Crippen LogP contribution in [-0.4, -0.2) is 25.8 Å². The molecule has 0 heterocycles. The Morgan fingerprint density at radius 3 is 2.33 bits per heavy atom. The van der Waals surface area contributed by atoms with Crippen molar-refractivity contribution in [2.24, 2.45) is 0 Å². The molecule has 0 N–H and O–H groups in total. The average molecular weight is 373 g/mol. The second-order valence-electron chi connectivity index (χ2n) is 6.15. The minimum absolute atomic E-state index is 0.0207. The number of hydrogen-bond acceptors (Lipinski definition) is 5. The van der Waals surface area contributed by atoms with Crippen molar-refractivity contribution in [3.05, 3.63) is 29.3 Å². The van der Waals surface area contributed by atoms with Gasteiger partial charge in [0.25, 0.3) is 0 Å². The first-order valence-electron chi connectivity index (χ1n) is 9.84. The van der Waals surface area contributed by atoms with Crippen LogP contribution in [0.3, 0.4) is 0 Å². The normalized spacial score (nSPS) is 11.0. The molecule has 0 atom stereocenters. The van der Waals surface area contributed by atoms with Crippen molar-refractivity contribution in [3.8, 4) is 17.6 Å². The fourth-order valence-corrected chi connectivity index (χ4v) is 2.59. The van der Waals surface area contributed by atoms with Crippen molar-refractivity contribution in [2.45, 2.75) is 59.3 Å². The number of hydrogen-bond donors (Lipinski definition) is 0. The fourth-order valence-electron chi connectivity index (χ4n) is 2.59. The number of ether oxygens (including phenoxy) is 3. The van der Waals surface area contributed by atoms with E-state index in [4.69, 9.17) is 14.2 Å². The van der Waals surface area contributed by atoms with Crippen LogP contribution in [0.1, 0.15) is 64.9 Å². The van der Waals surface area contributed by atoms with E-state index in [0.717, 1.165) is 19.3 Å². The number of carbonyl (C=O) groups excluding carboxylic acids is 1. The third kappa shape index (κ3) is 8.63. The molecule has 0 aliphatic heterocycles. The minimum atomic E-state index is -0.585. The first-order chi connectivity index (χ1) is 13.2. The lowest BCUT2D eigenvalue weighted by molar-refractivity contribution is -0.138. The van der Waals surface area contributed by atoms with E-state index in [9.17, 15) is 10.1 Å². The van der Waals surface area contributed by atoms with Crippen LogP contribution in [0.25, 0.3) is 6.08 Å². The molecule has 0 aliphatic carbocycles. The number of rotatable bonds is 13. The van der Waals surface area contributed by atoms with E-state index in [0.29, 0.717) is 36.9 Å². The Morgan fingerprint density at radius 1 is 1.00 bits per heavy atom. The van der Waals surface area contributed by atoms with Gasteiger partial charge in [0.1, 0.15) is 11.6 Å². The van der Waals surface area contributed by atoms with E-state index < -0.39 is 5.97 Å². The monoisotopic (exact) mass is 373 g/mol. The Bertz CT molecular complexity index is 646. The smallest absolute Gasteiger partial charge is 0.348 e. The summed E-state index contributed by atoms with van der Waals surface area (Å²) in [6.45, 7) is 7.34. The molecule has 5 nitrogen and oxygen atoms in total. The van der Waals surface area contributed by atoms with E-state index in [1.165, 1.54) is 25.3 Å². The molecular weight excluding hydrogens is 342 g/mol. The predicted octanol–water partition coefficient (Wildman–Crippen LogP) is 5.29. The van der Waals surface area contributed by atoms with Gasteiger partial charge in [0.05, 0.1) is 19.8 Å². The lowest BCUT2D eigenvalue weighted by Gasteiger charge is -2.11. The summed E-state index contributed by atoms with van der Waals surface area (Å²) in [4.78, 5) is 12.1. The molecule has 0 radical (unpaired) electrons. The molecule has 0 aromatic heterocycles. The van der Waals surface area contributed by atoms with Crippen molar-refractivity contribution in [1.29, 1.82) is 5.26 Å². The molecule has 0 saturated carbocycles. The topological polar surface area (TPSA) is 68.6 Å². The third-order valence-electron chi connectivity index (χ3n) is 3.95. The maximum Gasteiger partial charge on any atom is 0.348 e. The maximum atomic E-state index is 12.1. The standard InChI is InChI=1S/C22H31NO4/c1-4-7-8-9-10-11-14-27-22(24)19(17-23)15-18-12-13-20(25-5-2)21(16-18)26-6-3/h12-13,15-16H,4-11,14H2,1-3H3/b19-15+. The largest absolute Gasteiger partial charge is 0.490 e. The van der Waals surface area contributed by atoms with Crippen LogP contribution in [0.4, 0.5) is 0 Å². The van der Waals surface area contributed by atoms with Gasteiger partial charge >= 0.3 is 5.97 Å². The van der Waals surface area contributed by atoms with E-state index in [-0.39, 0.29) is 5.57 Å². The SMILES string of the molecule is CCCCCCCCOC(=O)/C(C#N)=C/c1ccc(OCC)c(OCC)c1. The molecule has 0 saturated heterocycles. The number of nitrogens with zero attached hydrogens (tertiary/aromatic N) is 1. The molecule has 0 unspecified atom stereocenters. The molecule has 1 rings (SSSR count). The second-order valence-corrected chi connectivity index (χ2v) is 6.15. The number of unbranched alkanes of at least 4 members (excludes halogenated alkanes) is 5. The number of carbonyl (C=O) groups is 1. The van der Waals surface area contributed by atoms with Gasteiger partial charge in [-0.2, -0.15) is 5.26 Å². The van der Waals surface area contributed by atoms with Gasteiger partial charge in [-0.1, -0.05) is 45.1 Å². The van der Waals surface area contributed by atoms with Gasteiger partial charge < -0.3 is 14.2 Å². The summed E-state index contributed by atoms with van der Waals surface area (Å²) < 4.78 is 16.3. The lowest BCUT2D eigenvalue weighted by atomic mass is 10.1. The zero-order valence-corrected chi connectivity index (χ0v) is 16.8. The van der Waals surface area contributed by atoms with Crippen molar-refractivity contribution in [1.82, 2.24) is 0 Å². The van der Waals surface area contributed by atoms with E-state index >= 15 is 0 Å². The van der Waals surface area contributed by atoms with Crippen molar-refractivity contribution < 1.29 is 19.0 Å². The van der Waals surface area contributed by atoms with Gasteiger partial charge in [-0.05, 0) is 44.0 Å². The lowest BCUT2D eigenvalue weighted by Crippen LogP contribution is -2.08. The molecular formula is C22H31NO4. The Kier molecular flexibility index (Phi) is 11.4. The zero-order valence-electron chi connectivity index (χ0n) is 16.8. The van der Waals surface area contributed by atoms with Crippen LogP contribution in [0.15, 0.2) is 23.8 Å². The van der Waals surface area contributed by atoms with Crippen molar-refractivity contribution >= 4 is 12.0 Å². The first-order valence-corrected chi connectivity index (χ1v) is 9.84. The Labute approximate surface area is 162 Å². The van der Waals surface area contributed by atoms with Crippen LogP contribution in [0.2, 0.25) is 0 Å². The molecule has 0 aliphatic rings. The van der Waals surface area contributed by atoms with Crippen LogP contribution < -0.4 is 9.47 Å². The molecule has 148 valence electrons. The van der Waals surface area contributed by atoms with Crippen molar-refractivity contribution in [2.75, 3.05) is 19.8 Å². The summed E-state index contributed by atoms with van der Waals surface area (Å²) >= 11 is 0. The number of esters is 1. The van der Waals surface area contributed by atoms with Crippen LogP contribution in [-0.2, 0) is 9.53 Å². The Morgan fingerprint density at radius 2 is 1.67 bits per heavy atom. The summed E-state index contributed by atoms with van der Waals surface area (Å²) in [5.74, 6) is 0.643. The predicted molar refractivity (Wildman–Crippen MR) is 107 cm³/mol. The zero-order chi connectivity index (χ0) is 19.9. The minimum Gasteiger partial charge on any atom is -0.490 e. The van der Waals surface area contributed by atoms with Gasteiger partial charge in [-0.3, -0.25) is 0 Å². The highest BCUT2D eigenvalue weighted by Crippen LogP contribution is 2.29. The summed E-state index contributed by atoms with van der Waals surface area (Å²) in [6.07, 6.45) is 8.20. The highest BCUT2D eigenvalue weighted by Gasteiger charge is 2.12. The van der Waals surface area contributed by atoms with Gasteiger partial charge in [0.15, 0.2) is 11.5 Å². The van der Waals surface area contributed by atoms with Gasteiger partial charge in [0, 0.05) is 0 Å². The quantitative estimate of drug-likeness (QED) is 0.203. The highest BCUT2D eigenvalue weighted by atomic mass is 16.5. The molecule has 5 heteroatoms. The first kappa shape index (κ1) is 22.6. The van der Waals surface area contributed by atoms with Gasteiger partial charge in [0.2, 0.25) is 0 Å². The summed E-state index contributed by atoms with van der Waals surface area (Å²) in [5.41, 5.74) is 0.669. The maximum absolute atomic E-state index is 12.1. The third-order valence-corrected chi connectivity index (χ3v) is 3.95. The van der Waals surface area contributed by atoms with E-state index in [1.807, 2.05) is 19.9 Å². The van der Waals surface area contributed by atoms with Gasteiger partial charge in [-0.25, -0.2) is 4.79 Å². The van der Waals surface area contributed by atoms with Crippen LogP contribution in [0, 0.1) is 11.3 Å². The molecule has 27 heavy (non-hydrogen) atoms. The summed E-state index contributed by atoms with van der Waals surface area (Å²) in [6, 6.07) is 7.24. The van der Waals surface area contributed by atoms with E-state index in [1.54, 1.807) is 18.2 Å². The molecule has 0 spiro atoms. The average Bonchev–Trinajstić information content (AvgIpc) is 2.67. The molecule has 0 bridgehead atoms. The van der Waals surface area contributed by atoms with Crippen LogP contribution >= 0.6 is 0 Å². The second kappa shape index (κ2) is 13.7. The number of benzene rings is 1. The highest BCUT2D eigenvalue weighted by molar-refractivity contribution is 5.97. The Hall–Kier alpha value is -2.48. The van der Waals surface area contributed by atoms with E-state index in [2.05, 4.69) is 6.92 Å². The summed E-state index contributed by atoms with van der Waals surface area (Å²) in [5, 5.41) is 9.29. The molecule has 0 fully saturated rings. The number of nitriles is 1. The molecule has 1 aromatic carbocycles. The Balaban J connectivity index is 2.66. The fraction of sp³-hybridized carbons (Fsp3) is 0.545. The van der Waals surface area contributed by atoms with Crippen molar-refractivity contribution in [3.63, 3.8) is 0 Å². The molecule has 0 amide bonds. The molecule has 1 aromatic rings.